The quantitative estimate of drug-likeness (QED) is 0.558. The van der Waals surface area contributed by atoms with Crippen LogP contribution in [0.2, 0.25) is 5.02 Å². The van der Waals surface area contributed by atoms with Crippen molar-refractivity contribution in [3.8, 4) is 0 Å². The highest BCUT2D eigenvalue weighted by Gasteiger charge is 2.46. The molecule has 184 valence electrons. The van der Waals surface area contributed by atoms with Crippen LogP contribution in [0.5, 0.6) is 0 Å². The minimum Gasteiger partial charge on any atom is -0.325 e. The highest BCUT2D eigenvalue weighted by atomic mass is 35.5. The highest BCUT2D eigenvalue weighted by molar-refractivity contribution is 7.89. The lowest BCUT2D eigenvalue weighted by atomic mass is 9.79. The summed E-state index contributed by atoms with van der Waals surface area (Å²) in [5.41, 5.74) is 7.95. The summed E-state index contributed by atoms with van der Waals surface area (Å²) in [5.74, 6) is 0.679. The predicted molar refractivity (Wildman–Crippen MR) is 132 cm³/mol. The van der Waals surface area contributed by atoms with E-state index in [1.807, 2.05) is 12.1 Å². The molecule has 8 nitrogen and oxygen atoms in total. The maximum absolute atomic E-state index is 13.3. The molecule has 0 bridgehead atoms. The molecule has 3 aliphatic rings. The van der Waals surface area contributed by atoms with Gasteiger partial charge in [-0.05, 0) is 81.3 Å². The van der Waals surface area contributed by atoms with Crippen LogP contribution in [0, 0.1) is 11.8 Å². The lowest BCUT2D eigenvalue weighted by Gasteiger charge is -2.37. The summed E-state index contributed by atoms with van der Waals surface area (Å²) in [6.45, 7) is 4.75. The molecule has 4 unspecified atom stereocenters. The van der Waals surface area contributed by atoms with Crippen LogP contribution >= 0.6 is 11.6 Å². The molecule has 3 N–H and O–H groups in total. The van der Waals surface area contributed by atoms with Crippen molar-refractivity contribution in [1.29, 1.82) is 0 Å². The van der Waals surface area contributed by atoms with E-state index in [-0.39, 0.29) is 18.5 Å². The fraction of sp³-hybridized carbons (Fsp3) is 0.696. The van der Waals surface area contributed by atoms with E-state index in [0.29, 0.717) is 34.9 Å². The van der Waals surface area contributed by atoms with E-state index in [0.717, 1.165) is 44.5 Å². The lowest BCUT2D eigenvalue weighted by Crippen LogP contribution is -2.53. The first-order chi connectivity index (χ1) is 15.6. The highest BCUT2D eigenvalue weighted by Crippen LogP contribution is 2.36. The van der Waals surface area contributed by atoms with Crippen LogP contribution in [0.3, 0.4) is 0 Å². The fourth-order valence-corrected chi connectivity index (χ4v) is 7.95. The Morgan fingerprint density at radius 3 is 2.70 bits per heavy atom. The van der Waals surface area contributed by atoms with Crippen LogP contribution in [-0.2, 0) is 14.8 Å². The number of hydrogen-bond acceptors (Lipinski definition) is 6. The summed E-state index contributed by atoms with van der Waals surface area (Å²) in [6.07, 6.45) is 3.74. The van der Waals surface area contributed by atoms with Crippen molar-refractivity contribution in [2.24, 2.45) is 11.8 Å². The number of carbonyl (C=O) groups excluding carboxylic acids is 1. The average Bonchev–Trinajstić information content (AvgIpc) is 3.22. The second kappa shape index (κ2) is 10.2. The van der Waals surface area contributed by atoms with Gasteiger partial charge in [0.2, 0.25) is 15.9 Å². The Morgan fingerprint density at radius 2 is 2.00 bits per heavy atom. The van der Waals surface area contributed by atoms with Crippen LogP contribution < -0.4 is 16.2 Å². The number of rotatable bonds is 6. The molecule has 0 spiro atoms. The smallest absolute Gasteiger partial charge is 0.239 e. The van der Waals surface area contributed by atoms with Crippen LogP contribution in [0.25, 0.3) is 0 Å². The van der Waals surface area contributed by atoms with Crippen LogP contribution in [-0.4, -0.2) is 75.1 Å². The number of nitrogens with zero attached hydrogens (tertiary/aromatic N) is 2. The number of fused-ring (bicyclic) bond motifs is 1. The number of halogens is 1. The molecule has 2 aliphatic heterocycles. The molecule has 1 aromatic rings. The third-order valence-electron chi connectivity index (χ3n) is 7.51. The van der Waals surface area contributed by atoms with Crippen molar-refractivity contribution in [3.05, 3.63) is 28.8 Å². The van der Waals surface area contributed by atoms with Gasteiger partial charge in [-0.3, -0.25) is 15.6 Å². The third-order valence-corrected chi connectivity index (χ3v) is 10.1. The largest absolute Gasteiger partial charge is 0.325 e. The number of carbonyl (C=O) groups is 1. The first kappa shape index (κ1) is 24.9. The molecule has 33 heavy (non-hydrogen) atoms. The van der Waals surface area contributed by atoms with Crippen LogP contribution in [0.15, 0.2) is 18.2 Å². The number of nitrogens with one attached hydrogen (secondary N) is 3. The standard InChI is InChI=1S/C23H36ClN5O3S/c1-15-10-17-13-25-27-23(17)21(11-15)33(31,32)29(3)14-22(30)26-18-4-5-19(20(24)12-18)16-6-8-28(2)9-7-16/h4-5,12,15-17,21,23,25,27H,6-11,13-14H2,1-3H3,(H,26,30). The molecule has 10 heteroatoms. The minimum absolute atomic E-state index is 0.123. The summed E-state index contributed by atoms with van der Waals surface area (Å²) in [7, 11) is -0.0156. The monoisotopic (exact) mass is 497 g/mol. The molecule has 4 rings (SSSR count). The number of benzene rings is 1. The van der Waals surface area contributed by atoms with Gasteiger partial charge in [-0.2, -0.15) is 4.31 Å². The van der Waals surface area contributed by atoms with Crippen molar-refractivity contribution >= 4 is 33.2 Å². The number of likely N-dealkylation sites (N-methyl/N-ethyl adjacent to an activating group) is 1. The lowest BCUT2D eigenvalue weighted by molar-refractivity contribution is -0.116. The zero-order chi connectivity index (χ0) is 23.8. The van der Waals surface area contributed by atoms with Crippen molar-refractivity contribution in [2.75, 3.05) is 45.6 Å². The Balaban J connectivity index is 1.37. The maximum atomic E-state index is 13.3. The molecule has 0 radical (unpaired) electrons. The normalized spacial score (nSPS) is 29.2. The second-order valence-electron chi connectivity index (χ2n) is 10.1. The Bertz CT molecular complexity index is 967. The fourth-order valence-electron chi connectivity index (χ4n) is 5.62. The van der Waals surface area contributed by atoms with Crippen molar-refractivity contribution in [3.63, 3.8) is 0 Å². The molecule has 1 aromatic carbocycles. The Labute approximate surface area is 202 Å². The molecule has 4 atom stereocenters. The molecule has 1 aliphatic carbocycles. The molecule has 3 fully saturated rings. The van der Waals surface area contributed by atoms with Gasteiger partial charge in [-0.25, -0.2) is 8.42 Å². The van der Waals surface area contributed by atoms with Gasteiger partial charge in [-0.1, -0.05) is 24.6 Å². The zero-order valence-electron chi connectivity index (χ0n) is 19.7. The summed E-state index contributed by atoms with van der Waals surface area (Å²) in [4.78, 5) is 15.0. The number of sulfonamides is 1. The first-order valence-corrected chi connectivity index (χ1v) is 13.7. The van der Waals surface area contributed by atoms with Gasteiger partial charge < -0.3 is 10.2 Å². The summed E-state index contributed by atoms with van der Waals surface area (Å²) >= 11 is 6.54. The second-order valence-corrected chi connectivity index (χ2v) is 12.8. The van der Waals surface area contributed by atoms with E-state index in [1.165, 1.54) is 11.4 Å². The molecule has 1 saturated carbocycles. The molecular formula is C23H36ClN5O3S. The van der Waals surface area contributed by atoms with Crippen molar-refractivity contribution < 1.29 is 13.2 Å². The van der Waals surface area contributed by atoms with Crippen molar-refractivity contribution in [2.45, 2.75) is 49.8 Å². The van der Waals surface area contributed by atoms with Crippen LogP contribution in [0.4, 0.5) is 5.69 Å². The van der Waals surface area contributed by atoms with E-state index in [1.54, 1.807) is 6.07 Å². The van der Waals surface area contributed by atoms with E-state index in [2.05, 4.69) is 35.0 Å². The van der Waals surface area contributed by atoms with E-state index in [9.17, 15) is 13.2 Å². The Hall–Kier alpha value is -1.23. The van der Waals surface area contributed by atoms with E-state index >= 15 is 0 Å². The number of likely N-dealkylation sites (tertiary alicyclic amines) is 1. The molecule has 0 aromatic heterocycles. The topological polar surface area (TPSA) is 93.8 Å². The van der Waals surface area contributed by atoms with E-state index < -0.39 is 15.3 Å². The van der Waals surface area contributed by atoms with Gasteiger partial charge in [0.25, 0.3) is 0 Å². The van der Waals surface area contributed by atoms with Gasteiger partial charge >= 0.3 is 0 Å². The minimum atomic E-state index is -3.63. The number of piperidine rings is 1. The summed E-state index contributed by atoms with van der Waals surface area (Å²) in [5, 5.41) is 2.92. The third kappa shape index (κ3) is 5.55. The Morgan fingerprint density at radius 1 is 1.27 bits per heavy atom. The SMILES string of the molecule is CC1CC2CNNC2C(S(=O)(=O)N(C)CC(=O)Nc2ccc(C3CCN(C)CC3)c(Cl)c2)C1. The molecule has 1 amide bonds. The van der Waals surface area contributed by atoms with Gasteiger partial charge in [0.15, 0.2) is 0 Å². The number of amides is 1. The molecular weight excluding hydrogens is 462 g/mol. The number of hydrazine groups is 1. The van der Waals surface area contributed by atoms with Gasteiger partial charge in [0, 0.05) is 30.3 Å². The first-order valence-electron chi connectivity index (χ1n) is 11.9. The Kier molecular flexibility index (Phi) is 7.67. The maximum Gasteiger partial charge on any atom is 0.239 e. The molecule has 2 saturated heterocycles. The van der Waals surface area contributed by atoms with E-state index in [4.69, 9.17) is 11.6 Å². The van der Waals surface area contributed by atoms with Crippen molar-refractivity contribution in [1.82, 2.24) is 20.1 Å². The predicted octanol–water partition coefficient (Wildman–Crippen LogP) is 2.24. The van der Waals surface area contributed by atoms with Gasteiger partial charge in [-0.15, -0.1) is 0 Å². The average molecular weight is 498 g/mol. The van der Waals surface area contributed by atoms with Gasteiger partial charge in [0.05, 0.1) is 11.8 Å². The number of hydrogen-bond donors (Lipinski definition) is 3. The zero-order valence-corrected chi connectivity index (χ0v) is 21.3. The van der Waals surface area contributed by atoms with Crippen LogP contribution in [0.1, 0.15) is 44.1 Å². The molecule has 2 heterocycles. The summed E-state index contributed by atoms with van der Waals surface area (Å²) < 4.78 is 27.8. The summed E-state index contributed by atoms with van der Waals surface area (Å²) in [6, 6.07) is 5.48. The number of anilines is 1. The van der Waals surface area contributed by atoms with Gasteiger partial charge in [0.1, 0.15) is 0 Å².